The van der Waals surface area contributed by atoms with Crippen LogP contribution in [0.5, 0.6) is 17.2 Å². The lowest BCUT2D eigenvalue weighted by Crippen LogP contribution is -2.42. The largest absolute Gasteiger partial charge is 0.497 e. The van der Waals surface area contributed by atoms with Gasteiger partial charge >= 0.3 is 0 Å². The molecule has 0 saturated carbocycles. The molecule has 10 heteroatoms. The number of amides is 2. The van der Waals surface area contributed by atoms with E-state index in [9.17, 15) is 14.0 Å². The van der Waals surface area contributed by atoms with E-state index in [1.807, 2.05) is 30.3 Å². The third-order valence-corrected chi connectivity index (χ3v) is 5.66. The van der Waals surface area contributed by atoms with E-state index >= 15 is 0 Å². The van der Waals surface area contributed by atoms with Crippen LogP contribution in [0.2, 0.25) is 0 Å². The predicted octanol–water partition coefficient (Wildman–Crippen LogP) is 2.75. The molecule has 0 aliphatic heterocycles. The van der Waals surface area contributed by atoms with Crippen LogP contribution in [0.3, 0.4) is 0 Å². The first-order chi connectivity index (χ1) is 18.3. The average molecular weight is 523 g/mol. The molecule has 3 aromatic rings. The lowest BCUT2D eigenvalue weighted by Gasteiger charge is -2.15. The molecule has 3 rings (SSSR count). The molecular weight excluding hydrogens is 491 g/mol. The van der Waals surface area contributed by atoms with E-state index in [1.165, 1.54) is 33.5 Å². The Labute approximate surface area is 220 Å². The minimum atomic E-state index is -0.925. The Morgan fingerprint density at radius 3 is 2.34 bits per heavy atom. The van der Waals surface area contributed by atoms with E-state index in [0.717, 1.165) is 5.56 Å². The van der Waals surface area contributed by atoms with E-state index < -0.39 is 23.7 Å². The van der Waals surface area contributed by atoms with Crippen molar-refractivity contribution in [3.63, 3.8) is 0 Å². The summed E-state index contributed by atoms with van der Waals surface area (Å²) in [6.07, 6.45) is 0.207. The maximum Gasteiger partial charge on any atom is 0.245 e. The molecule has 0 unspecified atom stereocenters. The normalized spacial score (nSPS) is 11.8. The third kappa shape index (κ3) is 7.95. The van der Waals surface area contributed by atoms with Gasteiger partial charge in [0.1, 0.15) is 17.5 Å². The zero-order chi connectivity index (χ0) is 27.5. The molecule has 38 heavy (non-hydrogen) atoms. The number of nitrogens with zero attached hydrogens (tertiary/aromatic N) is 1. The van der Waals surface area contributed by atoms with Crippen LogP contribution in [0.4, 0.5) is 4.39 Å². The van der Waals surface area contributed by atoms with E-state index in [4.69, 9.17) is 19.9 Å². The van der Waals surface area contributed by atoms with Crippen molar-refractivity contribution in [2.24, 2.45) is 10.7 Å². The lowest BCUT2D eigenvalue weighted by atomic mass is 10.1. The Bertz CT molecular complexity index is 1280. The van der Waals surface area contributed by atoms with E-state index in [2.05, 4.69) is 15.6 Å². The summed E-state index contributed by atoms with van der Waals surface area (Å²) in [5.41, 5.74) is 8.14. The zero-order valence-corrected chi connectivity index (χ0v) is 21.5. The van der Waals surface area contributed by atoms with Crippen LogP contribution in [-0.2, 0) is 29.0 Å². The Balaban J connectivity index is 1.72. The third-order valence-electron chi connectivity index (χ3n) is 5.66. The highest BCUT2D eigenvalue weighted by atomic mass is 19.1. The summed E-state index contributed by atoms with van der Waals surface area (Å²) in [7, 11) is 4.40. The molecule has 3 aromatic carbocycles. The molecule has 0 aliphatic carbocycles. The highest BCUT2D eigenvalue weighted by Crippen LogP contribution is 2.24. The van der Waals surface area contributed by atoms with Crippen LogP contribution in [0.25, 0.3) is 0 Å². The SMILES string of the molecule is COc1ccc(OC)c(CC(=O)NC(N)=N[C@H](Cc2ccccc2)C(=O)NCc2ccc(F)c(OC)c2)c1. The number of carbonyl (C=O) groups excluding carboxylic acids is 2. The van der Waals surface area contributed by atoms with Crippen molar-refractivity contribution in [2.45, 2.75) is 25.4 Å². The number of hydrogen-bond donors (Lipinski definition) is 3. The van der Waals surface area contributed by atoms with Crippen LogP contribution in [0.15, 0.2) is 71.7 Å². The fourth-order valence-corrected chi connectivity index (χ4v) is 3.74. The predicted molar refractivity (Wildman–Crippen MR) is 142 cm³/mol. The van der Waals surface area contributed by atoms with E-state index in [-0.39, 0.29) is 31.1 Å². The van der Waals surface area contributed by atoms with Crippen molar-refractivity contribution in [3.05, 3.63) is 89.2 Å². The molecule has 0 bridgehead atoms. The number of guanidine groups is 1. The molecule has 0 radical (unpaired) electrons. The Morgan fingerprint density at radius 1 is 0.921 bits per heavy atom. The van der Waals surface area contributed by atoms with Crippen LogP contribution >= 0.6 is 0 Å². The van der Waals surface area contributed by atoms with Crippen LogP contribution in [0, 0.1) is 5.82 Å². The molecule has 1 atom stereocenters. The van der Waals surface area contributed by atoms with Gasteiger partial charge < -0.3 is 25.3 Å². The minimum Gasteiger partial charge on any atom is -0.497 e. The van der Waals surface area contributed by atoms with Crippen molar-refractivity contribution in [3.8, 4) is 17.2 Å². The van der Waals surface area contributed by atoms with Gasteiger partial charge in [-0.3, -0.25) is 14.9 Å². The Hall–Kier alpha value is -4.60. The summed E-state index contributed by atoms with van der Waals surface area (Å²) in [6, 6.07) is 17.8. The van der Waals surface area contributed by atoms with Gasteiger partial charge in [0.2, 0.25) is 11.8 Å². The van der Waals surface area contributed by atoms with Gasteiger partial charge in [0.05, 0.1) is 27.8 Å². The van der Waals surface area contributed by atoms with Gasteiger partial charge in [-0.05, 0) is 41.5 Å². The van der Waals surface area contributed by atoms with E-state index in [1.54, 1.807) is 24.3 Å². The Morgan fingerprint density at radius 2 is 1.66 bits per heavy atom. The number of ether oxygens (including phenoxy) is 3. The van der Waals surface area contributed by atoms with Crippen molar-refractivity contribution in [1.82, 2.24) is 10.6 Å². The second-order valence-electron chi connectivity index (χ2n) is 8.31. The molecule has 0 saturated heterocycles. The van der Waals surface area contributed by atoms with Crippen molar-refractivity contribution < 1.29 is 28.2 Å². The summed E-state index contributed by atoms with van der Waals surface area (Å²) in [5.74, 6) is -0.362. The standard InChI is InChI=1S/C28H31FN4O5/c1-36-21-10-12-24(37-2)20(15-21)16-26(34)33-28(30)32-23(13-18-7-5-4-6-8-18)27(35)31-17-19-9-11-22(29)25(14-19)38-3/h4-12,14-15,23H,13,16-17H2,1-3H3,(H,31,35)(H3,30,32,33,34)/t23-/m1/s1. The summed E-state index contributed by atoms with van der Waals surface area (Å²) < 4.78 is 29.2. The van der Waals surface area contributed by atoms with Crippen molar-refractivity contribution in [1.29, 1.82) is 0 Å². The first-order valence-electron chi connectivity index (χ1n) is 11.8. The van der Waals surface area contributed by atoms with Gasteiger partial charge in [0, 0.05) is 18.5 Å². The smallest absolute Gasteiger partial charge is 0.245 e. The topological polar surface area (TPSA) is 124 Å². The number of carbonyl (C=O) groups is 2. The second kappa shape index (κ2) is 13.6. The molecule has 0 aromatic heterocycles. The highest BCUT2D eigenvalue weighted by molar-refractivity contribution is 5.98. The number of hydrogen-bond acceptors (Lipinski definition) is 6. The summed E-state index contributed by atoms with van der Waals surface area (Å²) in [4.78, 5) is 30.1. The number of aliphatic imine (C=N–C) groups is 1. The molecule has 0 fully saturated rings. The molecule has 200 valence electrons. The number of methoxy groups -OCH3 is 3. The molecule has 4 N–H and O–H groups in total. The molecule has 9 nitrogen and oxygen atoms in total. The molecule has 2 amide bonds. The lowest BCUT2D eigenvalue weighted by molar-refractivity contribution is -0.122. The fraction of sp³-hybridized carbons (Fsp3) is 0.250. The number of benzene rings is 3. The molecule has 0 aliphatic rings. The number of rotatable bonds is 11. The number of nitrogens with one attached hydrogen (secondary N) is 2. The van der Waals surface area contributed by atoms with Crippen LogP contribution in [-0.4, -0.2) is 45.1 Å². The van der Waals surface area contributed by atoms with Crippen LogP contribution in [0.1, 0.15) is 16.7 Å². The number of halogens is 1. The summed E-state index contributed by atoms with van der Waals surface area (Å²) >= 11 is 0. The quantitative estimate of drug-likeness (QED) is 0.263. The van der Waals surface area contributed by atoms with Gasteiger partial charge in [0.25, 0.3) is 0 Å². The maximum absolute atomic E-state index is 13.7. The van der Waals surface area contributed by atoms with Crippen LogP contribution < -0.4 is 30.6 Å². The first-order valence-corrected chi connectivity index (χ1v) is 11.8. The average Bonchev–Trinajstić information content (AvgIpc) is 2.92. The van der Waals surface area contributed by atoms with Crippen molar-refractivity contribution >= 4 is 17.8 Å². The Kier molecular flexibility index (Phi) is 10.0. The van der Waals surface area contributed by atoms with Gasteiger partial charge in [-0.25, -0.2) is 9.38 Å². The minimum absolute atomic E-state index is 0.0431. The van der Waals surface area contributed by atoms with Crippen molar-refractivity contribution in [2.75, 3.05) is 21.3 Å². The second-order valence-corrected chi connectivity index (χ2v) is 8.31. The summed E-state index contributed by atoms with van der Waals surface area (Å²) in [6.45, 7) is 0.123. The van der Waals surface area contributed by atoms with Gasteiger partial charge in [-0.2, -0.15) is 0 Å². The number of nitrogens with two attached hydrogens (primary N) is 1. The highest BCUT2D eigenvalue weighted by Gasteiger charge is 2.20. The van der Waals surface area contributed by atoms with E-state index in [0.29, 0.717) is 22.6 Å². The molecular formula is C28H31FN4O5. The first kappa shape index (κ1) is 28.0. The monoisotopic (exact) mass is 522 g/mol. The van der Waals surface area contributed by atoms with Gasteiger partial charge in [-0.1, -0.05) is 36.4 Å². The maximum atomic E-state index is 13.7. The van der Waals surface area contributed by atoms with Gasteiger partial charge in [-0.15, -0.1) is 0 Å². The fourth-order valence-electron chi connectivity index (χ4n) is 3.74. The molecule has 0 heterocycles. The summed E-state index contributed by atoms with van der Waals surface area (Å²) in [5, 5.41) is 5.33. The zero-order valence-electron chi connectivity index (χ0n) is 21.5. The molecule has 0 spiro atoms. The van der Waals surface area contributed by atoms with Gasteiger partial charge in [0.15, 0.2) is 17.5 Å².